The van der Waals surface area contributed by atoms with Crippen LogP contribution in [0.3, 0.4) is 0 Å². The third kappa shape index (κ3) is 3.20. The van der Waals surface area contributed by atoms with Crippen LogP contribution in [0, 0.1) is 0 Å². The molecule has 0 saturated carbocycles. The molecule has 0 fully saturated rings. The van der Waals surface area contributed by atoms with Crippen molar-refractivity contribution < 1.29 is 9.84 Å². The van der Waals surface area contributed by atoms with Gasteiger partial charge in [-0.1, -0.05) is 42.5 Å². The third-order valence-corrected chi connectivity index (χ3v) is 5.77. The maximum atomic E-state index is 10.3. The molecule has 3 aromatic rings. The number of ether oxygens (including phenoxy) is 1. The summed E-state index contributed by atoms with van der Waals surface area (Å²) in [5, 5.41) is 10.5. The van der Waals surface area contributed by atoms with Crippen LogP contribution >= 0.6 is 11.8 Å². The zero-order valence-electron chi connectivity index (χ0n) is 14.4. The molecule has 0 aromatic heterocycles. The molecule has 4 rings (SSSR count). The zero-order valence-corrected chi connectivity index (χ0v) is 15.2. The van der Waals surface area contributed by atoms with Crippen molar-refractivity contribution in [3.8, 4) is 11.5 Å². The minimum absolute atomic E-state index is 0.146. The Labute approximate surface area is 157 Å². The number of para-hydroxylation sites is 3. The van der Waals surface area contributed by atoms with E-state index in [0.29, 0.717) is 6.42 Å². The van der Waals surface area contributed by atoms with E-state index in [2.05, 4.69) is 12.1 Å². The lowest BCUT2D eigenvalue weighted by Gasteiger charge is -2.19. The number of hydrogen-bond donors (Lipinski definition) is 1. The molecule has 1 heterocycles. The van der Waals surface area contributed by atoms with Gasteiger partial charge in [-0.15, -0.1) is 11.8 Å². The normalized spacial score (nSPS) is 16.3. The minimum Gasteiger partial charge on any atom is -0.507 e. The van der Waals surface area contributed by atoms with Gasteiger partial charge in [0.15, 0.2) is 0 Å². The van der Waals surface area contributed by atoms with Crippen molar-refractivity contribution in [2.24, 2.45) is 4.99 Å². The average molecular weight is 361 g/mol. The van der Waals surface area contributed by atoms with E-state index in [0.717, 1.165) is 33.2 Å². The Bertz CT molecular complexity index is 968. The fourth-order valence-corrected chi connectivity index (χ4v) is 4.47. The van der Waals surface area contributed by atoms with E-state index in [9.17, 15) is 5.11 Å². The SMILES string of the molecule is COc1ccccc1C1CC(c2ccccc2O)=Nc2ccccc2S1. The fraction of sp³-hybridized carbons (Fsp3) is 0.136. The Morgan fingerprint density at radius 2 is 1.69 bits per heavy atom. The highest BCUT2D eigenvalue weighted by Gasteiger charge is 2.25. The first-order chi connectivity index (χ1) is 12.8. The van der Waals surface area contributed by atoms with Gasteiger partial charge in [-0.2, -0.15) is 0 Å². The van der Waals surface area contributed by atoms with E-state index in [1.165, 1.54) is 0 Å². The molecule has 1 atom stereocenters. The highest BCUT2D eigenvalue weighted by atomic mass is 32.2. The molecule has 1 unspecified atom stereocenters. The number of hydrogen-bond acceptors (Lipinski definition) is 4. The summed E-state index contributed by atoms with van der Waals surface area (Å²) in [6.45, 7) is 0. The Morgan fingerprint density at radius 3 is 2.54 bits per heavy atom. The molecule has 0 bridgehead atoms. The van der Waals surface area contributed by atoms with Gasteiger partial charge in [0.05, 0.1) is 18.5 Å². The predicted molar refractivity (Wildman–Crippen MR) is 107 cm³/mol. The van der Waals surface area contributed by atoms with Crippen LogP contribution in [0.1, 0.15) is 22.8 Å². The van der Waals surface area contributed by atoms with Crippen molar-refractivity contribution in [1.29, 1.82) is 0 Å². The van der Waals surface area contributed by atoms with Gasteiger partial charge in [0.1, 0.15) is 11.5 Å². The Balaban J connectivity index is 1.85. The molecular formula is C22H19NO2S. The van der Waals surface area contributed by atoms with Crippen molar-refractivity contribution in [2.75, 3.05) is 7.11 Å². The summed E-state index contributed by atoms with van der Waals surface area (Å²) in [6, 6.07) is 23.6. The summed E-state index contributed by atoms with van der Waals surface area (Å²) in [4.78, 5) is 6.03. The molecule has 0 amide bonds. The van der Waals surface area contributed by atoms with Gasteiger partial charge in [0.2, 0.25) is 0 Å². The number of phenolic OH excluding ortho intramolecular Hbond substituents is 1. The van der Waals surface area contributed by atoms with Crippen molar-refractivity contribution in [3.05, 3.63) is 83.9 Å². The van der Waals surface area contributed by atoms with Crippen LogP contribution < -0.4 is 4.74 Å². The number of rotatable bonds is 3. The minimum atomic E-state index is 0.146. The summed E-state index contributed by atoms with van der Waals surface area (Å²) in [7, 11) is 1.70. The number of benzene rings is 3. The second kappa shape index (κ2) is 7.26. The average Bonchev–Trinajstić information content (AvgIpc) is 2.88. The molecule has 1 aliphatic rings. The first-order valence-corrected chi connectivity index (χ1v) is 9.39. The molecule has 3 aromatic carbocycles. The number of nitrogens with zero attached hydrogens (tertiary/aromatic N) is 1. The topological polar surface area (TPSA) is 41.8 Å². The van der Waals surface area contributed by atoms with E-state index in [-0.39, 0.29) is 11.0 Å². The maximum absolute atomic E-state index is 10.3. The van der Waals surface area contributed by atoms with Crippen LogP contribution in [0.15, 0.2) is 82.7 Å². The first kappa shape index (κ1) is 16.7. The van der Waals surface area contributed by atoms with Crippen LogP contribution in [0.25, 0.3) is 0 Å². The summed E-state index contributed by atoms with van der Waals surface area (Å²) >= 11 is 1.79. The van der Waals surface area contributed by atoms with E-state index >= 15 is 0 Å². The molecule has 130 valence electrons. The first-order valence-electron chi connectivity index (χ1n) is 8.51. The maximum Gasteiger partial charge on any atom is 0.124 e. The number of thioether (sulfide) groups is 1. The predicted octanol–water partition coefficient (Wildman–Crippen LogP) is 5.76. The number of methoxy groups -OCH3 is 1. The van der Waals surface area contributed by atoms with Crippen LogP contribution in [-0.2, 0) is 0 Å². The number of aromatic hydroxyl groups is 1. The Morgan fingerprint density at radius 1 is 0.962 bits per heavy atom. The van der Waals surface area contributed by atoms with Crippen molar-refractivity contribution in [1.82, 2.24) is 0 Å². The van der Waals surface area contributed by atoms with Crippen LogP contribution in [0.2, 0.25) is 0 Å². The quantitative estimate of drug-likeness (QED) is 0.645. The molecule has 26 heavy (non-hydrogen) atoms. The monoisotopic (exact) mass is 361 g/mol. The van der Waals surface area contributed by atoms with Gasteiger partial charge in [-0.25, -0.2) is 0 Å². The highest BCUT2D eigenvalue weighted by molar-refractivity contribution is 7.99. The summed E-state index contributed by atoms with van der Waals surface area (Å²) in [5.41, 5.74) is 3.74. The molecule has 0 saturated heterocycles. The highest BCUT2D eigenvalue weighted by Crippen LogP contribution is 2.48. The fourth-order valence-electron chi connectivity index (χ4n) is 3.20. The second-order valence-electron chi connectivity index (χ2n) is 6.10. The molecule has 0 radical (unpaired) electrons. The molecule has 1 aliphatic heterocycles. The molecule has 0 spiro atoms. The summed E-state index contributed by atoms with van der Waals surface area (Å²) < 4.78 is 5.59. The van der Waals surface area contributed by atoms with Gasteiger partial charge in [0, 0.05) is 27.7 Å². The van der Waals surface area contributed by atoms with Crippen molar-refractivity contribution in [2.45, 2.75) is 16.6 Å². The second-order valence-corrected chi connectivity index (χ2v) is 7.34. The largest absolute Gasteiger partial charge is 0.507 e. The van der Waals surface area contributed by atoms with Gasteiger partial charge >= 0.3 is 0 Å². The summed E-state index contributed by atoms with van der Waals surface area (Å²) in [5.74, 6) is 1.13. The Kier molecular flexibility index (Phi) is 4.67. The molecule has 1 N–H and O–H groups in total. The molecular weight excluding hydrogens is 342 g/mol. The number of aliphatic imine (C=N–C) groups is 1. The summed E-state index contributed by atoms with van der Waals surface area (Å²) in [6.07, 6.45) is 0.706. The van der Waals surface area contributed by atoms with E-state index in [4.69, 9.17) is 9.73 Å². The standard InChI is InChI=1S/C22H19NO2S/c1-25-20-12-6-3-9-16(20)22-14-18(15-8-2-5-11-19(15)24)23-17-10-4-7-13-21(17)26-22/h2-13,22,24H,14H2,1H3. The Hall–Kier alpha value is -2.72. The van der Waals surface area contributed by atoms with Crippen LogP contribution in [0.4, 0.5) is 5.69 Å². The third-order valence-electron chi connectivity index (χ3n) is 4.47. The van der Waals surface area contributed by atoms with E-state index in [1.54, 1.807) is 24.9 Å². The lowest BCUT2D eigenvalue weighted by molar-refractivity contribution is 0.409. The molecule has 0 aliphatic carbocycles. The van der Waals surface area contributed by atoms with E-state index < -0.39 is 0 Å². The zero-order chi connectivity index (χ0) is 17.9. The van der Waals surface area contributed by atoms with Gasteiger partial charge in [0.25, 0.3) is 0 Å². The van der Waals surface area contributed by atoms with Gasteiger partial charge < -0.3 is 9.84 Å². The van der Waals surface area contributed by atoms with Crippen molar-refractivity contribution in [3.63, 3.8) is 0 Å². The number of phenols is 1. The lowest BCUT2D eigenvalue weighted by Crippen LogP contribution is -2.06. The molecule has 3 nitrogen and oxygen atoms in total. The van der Waals surface area contributed by atoms with Crippen LogP contribution in [-0.4, -0.2) is 17.9 Å². The van der Waals surface area contributed by atoms with Gasteiger partial charge in [-0.05, 0) is 30.3 Å². The number of fused-ring (bicyclic) bond motifs is 1. The van der Waals surface area contributed by atoms with Gasteiger partial charge in [-0.3, -0.25) is 4.99 Å². The smallest absolute Gasteiger partial charge is 0.124 e. The lowest BCUT2D eigenvalue weighted by atomic mass is 10.00. The van der Waals surface area contributed by atoms with E-state index in [1.807, 2.05) is 54.6 Å². The molecule has 4 heteroatoms. The van der Waals surface area contributed by atoms with Crippen molar-refractivity contribution >= 4 is 23.2 Å². The van der Waals surface area contributed by atoms with Crippen LogP contribution in [0.5, 0.6) is 11.5 Å².